The molecule has 0 spiro atoms. The van der Waals surface area contributed by atoms with E-state index in [1.807, 2.05) is 18.7 Å². The van der Waals surface area contributed by atoms with E-state index in [0.29, 0.717) is 29.2 Å². The third kappa shape index (κ3) is 6.08. The molecule has 1 N–H and O–H groups in total. The zero-order chi connectivity index (χ0) is 26.6. The number of fused-ring (bicyclic) bond motifs is 1. The van der Waals surface area contributed by atoms with Gasteiger partial charge in [0.2, 0.25) is 10.0 Å². The summed E-state index contributed by atoms with van der Waals surface area (Å²) in [5.74, 6) is -0.340. The summed E-state index contributed by atoms with van der Waals surface area (Å²) in [5, 5.41) is 3.59. The molecule has 2 aliphatic rings. The van der Waals surface area contributed by atoms with Crippen LogP contribution in [-0.4, -0.2) is 74.1 Å². The summed E-state index contributed by atoms with van der Waals surface area (Å²) in [6.45, 7) is 7.97. The van der Waals surface area contributed by atoms with Crippen LogP contribution in [0.4, 0.5) is 5.00 Å². The van der Waals surface area contributed by atoms with E-state index < -0.39 is 10.0 Å². The zero-order valence-corrected chi connectivity index (χ0v) is 23.7. The number of nitrogens with zero attached hydrogens (tertiary/aromatic N) is 3. The summed E-state index contributed by atoms with van der Waals surface area (Å²) in [5.41, 5.74) is 2.05. The first-order chi connectivity index (χ1) is 17.8. The van der Waals surface area contributed by atoms with Crippen molar-refractivity contribution in [1.82, 2.24) is 14.1 Å². The molecule has 1 fully saturated rings. The van der Waals surface area contributed by atoms with Crippen LogP contribution in [0.2, 0.25) is 0 Å². The first kappa shape index (κ1) is 27.8. The SMILES string of the molecule is CCCN(CCC)S(=O)(=O)c1ccc(C(=O)Nc2sc3c(c2C(=O)N2CCCCC2)CCN(C)C3)cc1. The normalized spacial score (nSPS) is 16.6. The van der Waals surface area contributed by atoms with Gasteiger partial charge in [-0.15, -0.1) is 11.3 Å². The summed E-state index contributed by atoms with van der Waals surface area (Å²) in [6.07, 6.45) is 5.40. The van der Waals surface area contributed by atoms with Gasteiger partial charge >= 0.3 is 0 Å². The highest BCUT2D eigenvalue weighted by atomic mass is 32.2. The minimum absolute atomic E-state index is 0.00503. The zero-order valence-electron chi connectivity index (χ0n) is 22.1. The van der Waals surface area contributed by atoms with Gasteiger partial charge < -0.3 is 15.1 Å². The Kier molecular flexibility index (Phi) is 9.05. The third-order valence-electron chi connectivity index (χ3n) is 7.03. The molecule has 10 heteroatoms. The first-order valence-electron chi connectivity index (χ1n) is 13.3. The Hall–Kier alpha value is -2.27. The fraction of sp³-hybridized carbons (Fsp3) is 0.556. The molecule has 4 rings (SSSR count). The average Bonchev–Trinajstić information content (AvgIpc) is 3.25. The van der Waals surface area contributed by atoms with Gasteiger partial charge in [0.25, 0.3) is 11.8 Å². The Morgan fingerprint density at radius 3 is 2.27 bits per heavy atom. The van der Waals surface area contributed by atoms with Crippen molar-refractivity contribution >= 4 is 38.2 Å². The number of piperidine rings is 1. The number of carbonyl (C=O) groups excluding carboxylic acids is 2. The summed E-state index contributed by atoms with van der Waals surface area (Å²) >= 11 is 1.48. The molecule has 2 aliphatic heterocycles. The van der Waals surface area contributed by atoms with Crippen molar-refractivity contribution in [3.8, 4) is 0 Å². The van der Waals surface area contributed by atoms with E-state index in [4.69, 9.17) is 0 Å². The molecular weight excluding hydrogens is 508 g/mol. The fourth-order valence-electron chi connectivity index (χ4n) is 5.05. The van der Waals surface area contributed by atoms with E-state index >= 15 is 0 Å². The quantitative estimate of drug-likeness (QED) is 0.503. The lowest BCUT2D eigenvalue weighted by Crippen LogP contribution is -2.37. The van der Waals surface area contributed by atoms with Crippen LogP contribution in [-0.2, 0) is 23.0 Å². The number of carbonyl (C=O) groups is 2. The molecule has 1 aromatic heterocycles. The predicted octanol–water partition coefficient (Wildman–Crippen LogP) is 4.43. The highest BCUT2D eigenvalue weighted by molar-refractivity contribution is 7.89. The standard InChI is InChI=1S/C27H38N4O4S2/c1-4-14-31(15-5-2)37(34,35)21-11-9-20(10-12-21)25(32)28-26-24(27(33)30-16-7-6-8-17-30)22-13-18-29(3)19-23(22)36-26/h9-12H,4-8,13-19H2,1-3H3,(H,28,32). The van der Waals surface area contributed by atoms with Crippen LogP contribution in [0.3, 0.4) is 0 Å². The monoisotopic (exact) mass is 546 g/mol. The maximum atomic E-state index is 13.6. The Bertz CT molecular complexity index is 1210. The number of hydrogen-bond acceptors (Lipinski definition) is 6. The Balaban J connectivity index is 1.58. The molecule has 2 aromatic rings. The number of rotatable bonds is 9. The summed E-state index contributed by atoms with van der Waals surface area (Å²) in [4.78, 5) is 32.3. The van der Waals surface area contributed by atoms with Crippen LogP contribution in [0.5, 0.6) is 0 Å². The molecule has 1 saturated heterocycles. The molecule has 202 valence electrons. The van der Waals surface area contributed by atoms with Gasteiger partial charge in [-0.1, -0.05) is 13.8 Å². The van der Waals surface area contributed by atoms with E-state index in [1.54, 1.807) is 12.1 Å². The first-order valence-corrected chi connectivity index (χ1v) is 15.6. The number of thiophene rings is 1. The van der Waals surface area contributed by atoms with Gasteiger partial charge in [-0.25, -0.2) is 8.42 Å². The highest BCUT2D eigenvalue weighted by Gasteiger charge is 2.31. The number of likely N-dealkylation sites (N-methyl/N-ethyl adjacent to an activating group) is 1. The average molecular weight is 547 g/mol. The van der Waals surface area contributed by atoms with Crippen molar-refractivity contribution in [1.29, 1.82) is 0 Å². The predicted molar refractivity (Wildman–Crippen MR) is 148 cm³/mol. The van der Waals surface area contributed by atoms with E-state index in [2.05, 4.69) is 17.3 Å². The second-order valence-corrected chi connectivity index (χ2v) is 13.0. The molecule has 1 aromatic carbocycles. The summed E-state index contributed by atoms with van der Waals surface area (Å²) < 4.78 is 27.6. The maximum Gasteiger partial charge on any atom is 0.257 e. The lowest BCUT2D eigenvalue weighted by Gasteiger charge is -2.28. The molecule has 37 heavy (non-hydrogen) atoms. The second-order valence-electron chi connectivity index (χ2n) is 9.93. The van der Waals surface area contributed by atoms with Crippen molar-refractivity contribution in [2.45, 2.75) is 63.8 Å². The number of hydrogen-bond donors (Lipinski definition) is 1. The molecule has 0 aliphatic carbocycles. The van der Waals surface area contributed by atoms with Gasteiger partial charge in [0, 0.05) is 49.7 Å². The van der Waals surface area contributed by atoms with Gasteiger partial charge in [0.05, 0.1) is 10.5 Å². The van der Waals surface area contributed by atoms with Crippen LogP contribution < -0.4 is 5.32 Å². The lowest BCUT2D eigenvalue weighted by molar-refractivity contribution is 0.0724. The Morgan fingerprint density at radius 2 is 1.65 bits per heavy atom. The van der Waals surface area contributed by atoms with Crippen molar-refractivity contribution < 1.29 is 18.0 Å². The maximum absolute atomic E-state index is 13.6. The molecule has 0 atom stereocenters. The van der Waals surface area contributed by atoms with Gasteiger partial charge in [-0.05, 0) is 75.4 Å². The minimum atomic E-state index is -3.62. The van der Waals surface area contributed by atoms with Crippen LogP contribution in [0.1, 0.15) is 77.1 Å². The van der Waals surface area contributed by atoms with E-state index in [9.17, 15) is 18.0 Å². The molecule has 0 bridgehead atoms. The van der Waals surface area contributed by atoms with Crippen molar-refractivity contribution in [3.05, 3.63) is 45.8 Å². The number of sulfonamides is 1. The van der Waals surface area contributed by atoms with Gasteiger partial charge in [-0.2, -0.15) is 4.31 Å². The number of nitrogens with one attached hydrogen (secondary N) is 1. The van der Waals surface area contributed by atoms with Crippen LogP contribution in [0.15, 0.2) is 29.2 Å². The molecule has 0 unspecified atom stereocenters. The van der Waals surface area contributed by atoms with E-state index in [-0.39, 0.29) is 16.7 Å². The third-order valence-corrected chi connectivity index (χ3v) is 10.1. The molecule has 2 amide bonds. The van der Waals surface area contributed by atoms with Crippen LogP contribution in [0.25, 0.3) is 0 Å². The minimum Gasteiger partial charge on any atom is -0.339 e. The van der Waals surface area contributed by atoms with E-state index in [0.717, 1.165) is 75.1 Å². The molecule has 8 nitrogen and oxygen atoms in total. The van der Waals surface area contributed by atoms with Crippen LogP contribution in [0, 0.1) is 0 Å². The van der Waals surface area contributed by atoms with Crippen LogP contribution >= 0.6 is 11.3 Å². The Morgan fingerprint density at radius 1 is 1.00 bits per heavy atom. The highest BCUT2D eigenvalue weighted by Crippen LogP contribution is 2.38. The van der Waals surface area contributed by atoms with Crippen molar-refractivity contribution in [2.24, 2.45) is 0 Å². The smallest absolute Gasteiger partial charge is 0.257 e. The van der Waals surface area contributed by atoms with Gasteiger partial charge in [-0.3, -0.25) is 9.59 Å². The Labute approximate surface area is 224 Å². The molecular formula is C27H38N4O4S2. The van der Waals surface area contributed by atoms with E-state index in [1.165, 1.54) is 27.8 Å². The molecule has 0 radical (unpaired) electrons. The summed E-state index contributed by atoms with van der Waals surface area (Å²) in [7, 11) is -1.56. The lowest BCUT2D eigenvalue weighted by atomic mass is 10.0. The topological polar surface area (TPSA) is 90.0 Å². The number of likely N-dealkylation sites (tertiary alicyclic amines) is 1. The number of benzene rings is 1. The number of anilines is 1. The van der Waals surface area contributed by atoms with Crippen molar-refractivity contribution in [3.63, 3.8) is 0 Å². The summed E-state index contributed by atoms with van der Waals surface area (Å²) in [6, 6.07) is 6.09. The van der Waals surface area contributed by atoms with Gasteiger partial charge in [0.15, 0.2) is 0 Å². The number of amides is 2. The molecule has 0 saturated carbocycles. The van der Waals surface area contributed by atoms with Gasteiger partial charge in [0.1, 0.15) is 5.00 Å². The largest absolute Gasteiger partial charge is 0.339 e. The molecule has 3 heterocycles. The second kappa shape index (κ2) is 12.1. The fourth-order valence-corrected chi connectivity index (χ4v) is 7.99. The van der Waals surface area contributed by atoms with Crippen molar-refractivity contribution in [2.75, 3.05) is 45.1 Å².